The van der Waals surface area contributed by atoms with Crippen LogP contribution in [0.5, 0.6) is 0 Å². The zero-order chi connectivity index (χ0) is 19.5. The van der Waals surface area contributed by atoms with E-state index in [-0.39, 0.29) is 24.0 Å². The van der Waals surface area contributed by atoms with Gasteiger partial charge in [-0.3, -0.25) is 9.69 Å². The first-order chi connectivity index (χ1) is 11.9. The third-order valence-electron chi connectivity index (χ3n) is 4.89. The monoisotopic (exact) mass is 368 g/mol. The first kappa shape index (κ1) is 21.0. The molecule has 1 saturated heterocycles. The average molecular weight is 369 g/mol. The van der Waals surface area contributed by atoms with Gasteiger partial charge in [0, 0.05) is 25.2 Å². The maximum atomic E-state index is 12.2. The van der Waals surface area contributed by atoms with Crippen LogP contribution in [0.2, 0.25) is 0 Å². The molecule has 1 heterocycles. The summed E-state index contributed by atoms with van der Waals surface area (Å²) in [5.41, 5.74) is -0.883. The van der Waals surface area contributed by atoms with Crippen LogP contribution in [-0.2, 0) is 14.3 Å². The molecule has 0 unspecified atom stereocenters. The summed E-state index contributed by atoms with van der Waals surface area (Å²) < 4.78 is 10.9. The number of esters is 1. The summed E-state index contributed by atoms with van der Waals surface area (Å²) in [6.45, 7) is 13.2. The van der Waals surface area contributed by atoms with Crippen molar-refractivity contribution in [2.75, 3.05) is 13.1 Å². The summed E-state index contributed by atoms with van der Waals surface area (Å²) in [5, 5.41) is 2.98. The van der Waals surface area contributed by atoms with Crippen molar-refractivity contribution in [3.8, 4) is 0 Å². The number of likely N-dealkylation sites (tertiary alicyclic amines) is 1. The second-order valence-electron chi connectivity index (χ2n) is 9.67. The summed E-state index contributed by atoms with van der Waals surface area (Å²) in [6, 6.07) is 0.646. The van der Waals surface area contributed by atoms with Gasteiger partial charge in [0.15, 0.2) is 0 Å². The quantitative estimate of drug-likeness (QED) is 0.773. The minimum Gasteiger partial charge on any atom is -0.460 e. The molecule has 1 aliphatic heterocycles. The van der Waals surface area contributed by atoms with Crippen LogP contribution >= 0.6 is 0 Å². The number of rotatable bonds is 3. The van der Waals surface area contributed by atoms with E-state index in [0.717, 1.165) is 45.2 Å². The molecule has 2 rings (SSSR count). The van der Waals surface area contributed by atoms with Crippen LogP contribution < -0.4 is 5.32 Å². The van der Waals surface area contributed by atoms with Gasteiger partial charge in [0.25, 0.3) is 0 Å². The van der Waals surface area contributed by atoms with Crippen LogP contribution in [0.3, 0.4) is 0 Å². The predicted octanol–water partition coefficient (Wildman–Crippen LogP) is 3.49. The standard InChI is InChI=1S/C20H36N2O4/c1-19(2,3)25-17(23)14-7-9-16(10-8-14)22-12-11-15(13-22)21-18(24)26-20(4,5)6/h14-16H,7-13H2,1-6H3,(H,21,24)/t14?,15-,16?/m1/s1. The number of carbonyl (C=O) groups is 2. The largest absolute Gasteiger partial charge is 0.460 e. The summed E-state index contributed by atoms with van der Waals surface area (Å²) >= 11 is 0. The first-order valence-electron chi connectivity index (χ1n) is 9.89. The lowest BCUT2D eigenvalue weighted by Gasteiger charge is -2.34. The van der Waals surface area contributed by atoms with Crippen molar-refractivity contribution in [3.05, 3.63) is 0 Å². The fourth-order valence-corrected chi connectivity index (χ4v) is 3.77. The van der Waals surface area contributed by atoms with Gasteiger partial charge in [0.1, 0.15) is 11.2 Å². The Hall–Kier alpha value is -1.30. The second-order valence-corrected chi connectivity index (χ2v) is 9.67. The lowest BCUT2D eigenvalue weighted by molar-refractivity contribution is -0.161. The van der Waals surface area contributed by atoms with Crippen LogP contribution in [0.4, 0.5) is 4.79 Å². The Morgan fingerprint density at radius 2 is 1.46 bits per heavy atom. The van der Waals surface area contributed by atoms with Crippen molar-refractivity contribution < 1.29 is 19.1 Å². The Morgan fingerprint density at radius 1 is 0.885 bits per heavy atom. The van der Waals surface area contributed by atoms with E-state index in [9.17, 15) is 9.59 Å². The van der Waals surface area contributed by atoms with Gasteiger partial charge in [0.2, 0.25) is 0 Å². The van der Waals surface area contributed by atoms with E-state index >= 15 is 0 Å². The van der Waals surface area contributed by atoms with Crippen molar-refractivity contribution in [2.24, 2.45) is 5.92 Å². The van der Waals surface area contributed by atoms with E-state index < -0.39 is 11.2 Å². The van der Waals surface area contributed by atoms with E-state index in [4.69, 9.17) is 9.47 Å². The van der Waals surface area contributed by atoms with Crippen molar-refractivity contribution >= 4 is 12.1 Å². The molecule has 1 saturated carbocycles. The smallest absolute Gasteiger partial charge is 0.407 e. The highest BCUT2D eigenvalue weighted by Gasteiger charge is 2.35. The molecule has 0 spiro atoms. The predicted molar refractivity (Wildman–Crippen MR) is 101 cm³/mol. The molecule has 0 aromatic carbocycles. The van der Waals surface area contributed by atoms with Crippen molar-refractivity contribution in [1.29, 1.82) is 0 Å². The van der Waals surface area contributed by atoms with Gasteiger partial charge in [-0.1, -0.05) is 0 Å². The highest BCUT2D eigenvalue weighted by Crippen LogP contribution is 2.31. The number of amides is 1. The van der Waals surface area contributed by atoms with E-state index in [1.54, 1.807) is 0 Å². The molecule has 6 heteroatoms. The number of carbonyl (C=O) groups excluding carboxylic acids is 2. The molecule has 0 aromatic rings. The second kappa shape index (κ2) is 8.15. The Balaban J connectivity index is 1.74. The molecule has 2 fully saturated rings. The van der Waals surface area contributed by atoms with Gasteiger partial charge in [-0.05, 0) is 73.6 Å². The van der Waals surface area contributed by atoms with Crippen LogP contribution in [-0.4, -0.2) is 53.3 Å². The Bertz CT molecular complexity index is 499. The third kappa shape index (κ3) is 6.78. The first-order valence-corrected chi connectivity index (χ1v) is 9.89. The number of hydrogen-bond donors (Lipinski definition) is 1. The molecule has 6 nitrogen and oxygen atoms in total. The minimum absolute atomic E-state index is 0.0313. The number of hydrogen-bond acceptors (Lipinski definition) is 5. The van der Waals surface area contributed by atoms with Crippen molar-refractivity contribution in [1.82, 2.24) is 10.2 Å². The number of nitrogens with one attached hydrogen (secondary N) is 1. The fraction of sp³-hybridized carbons (Fsp3) is 0.900. The third-order valence-corrected chi connectivity index (χ3v) is 4.89. The van der Waals surface area contributed by atoms with Crippen LogP contribution in [0.25, 0.3) is 0 Å². The highest BCUT2D eigenvalue weighted by molar-refractivity contribution is 5.73. The maximum absolute atomic E-state index is 12.2. The van der Waals surface area contributed by atoms with E-state index in [0.29, 0.717) is 6.04 Å². The molecule has 0 aromatic heterocycles. The maximum Gasteiger partial charge on any atom is 0.407 e. The molecule has 26 heavy (non-hydrogen) atoms. The van der Waals surface area contributed by atoms with Crippen molar-refractivity contribution in [2.45, 2.75) is 96.9 Å². The number of nitrogens with zero attached hydrogens (tertiary/aromatic N) is 1. The molecule has 1 atom stereocenters. The van der Waals surface area contributed by atoms with Gasteiger partial charge in [-0.15, -0.1) is 0 Å². The molecule has 0 bridgehead atoms. The van der Waals surface area contributed by atoms with Gasteiger partial charge in [-0.2, -0.15) is 0 Å². The van der Waals surface area contributed by atoms with E-state index in [1.807, 2.05) is 41.5 Å². The molecule has 1 amide bonds. The van der Waals surface area contributed by atoms with Gasteiger partial charge >= 0.3 is 12.1 Å². The number of ether oxygens (including phenoxy) is 2. The average Bonchev–Trinajstić information content (AvgIpc) is 2.92. The van der Waals surface area contributed by atoms with Crippen LogP contribution in [0, 0.1) is 5.92 Å². The molecule has 1 aliphatic carbocycles. The summed E-state index contributed by atoms with van der Waals surface area (Å²) in [5.74, 6) is -0.0226. The zero-order valence-corrected chi connectivity index (χ0v) is 17.3. The molecular weight excluding hydrogens is 332 g/mol. The minimum atomic E-state index is -0.470. The molecule has 1 N–H and O–H groups in total. The Morgan fingerprint density at radius 3 is 2.00 bits per heavy atom. The fourth-order valence-electron chi connectivity index (χ4n) is 3.77. The molecular formula is C20H36N2O4. The molecule has 0 radical (unpaired) electrons. The summed E-state index contributed by atoms with van der Waals surface area (Å²) in [4.78, 5) is 26.6. The summed E-state index contributed by atoms with van der Waals surface area (Å²) in [6.07, 6.45) is 4.43. The Labute approximate surface area is 158 Å². The Kier molecular flexibility index (Phi) is 6.59. The van der Waals surface area contributed by atoms with Gasteiger partial charge in [-0.25, -0.2) is 4.79 Å². The number of alkyl carbamates (subject to hydrolysis) is 1. The van der Waals surface area contributed by atoms with Crippen LogP contribution in [0.15, 0.2) is 0 Å². The van der Waals surface area contributed by atoms with Crippen LogP contribution in [0.1, 0.15) is 73.6 Å². The topological polar surface area (TPSA) is 67.9 Å². The summed E-state index contributed by atoms with van der Waals surface area (Å²) in [7, 11) is 0. The van der Waals surface area contributed by atoms with Crippen molar-refractivity contribution in [3.63, 3.8) is 0 Å². The lowest BCUT2D eigenvalue weighted by Crippen LogP contribution is -2.43. The van der Waals surface area contributed by atoms with Gasteiger partial charge in [0.05, 0.1) is 5.92 Å². The molecule has 2 aliphatic rings. The zero-order valence-electron chi connectivity index (χ0n) is 17.3. The van der Waals surface area contributed by atoms with E-state index in [2.05, 4.69) is 10.2 Å². The molecule has 150 valence electrons. The van der Waals surface area contributed by atoms with E-state index in [1.165, 1.54) is 0 Å². The SMILES string of the molecule is CC(C)(C)OC(=O)N[C@@H]1CCN(C2CCC(C(=O)OC(C)(C)C)CC2)C1. The lowest BCUT2D eigenvalue weighted by atomic mass is 9.85. The highest BCUT2D eigenvalue weighted by atomic mass is 16.6. The van der Waals surface area contributed by atoms with Gasteiger partial charge < -0.3 is 14.8 Å². The normalized spacial score (nSPS) is 27.8.